The lowest BCUT2D eigenvalue weighted by molar-refractivity contribution is 0.400. The summed E-state index contributed by atoms with van der Waals surface area (Å²) in [6, 6.07) is 11.1. The van der Waals surface area contributed by atoms with Crippen LogP contribution >= 0.6 is 0 Å². The van der Waals surface area contributed by atoms with Crippen LogP contribution in [0.4, 0.5) is 0 Å². The third-order valence-electron chi connectivity index (χ3n) is 3.80. The van der Waals surface area contributed by atoms with E-state index in [2.05, 4.69) is 35.6 Å². The molecule has 2 rings (SSSR count). The fourth-order valence-corrected chi connectivity index (χ4v) is 2.89. The normalized spacial score (nSPS) is 19.3. The highest BCUT2D eigenvalue weighted by molar-refractivity contribution is 5.26. The lowest BCUT2D eigenvalue weighted by atomic mass is 9.76. The van der Waals surface area contributed by atoms with Gasteiger partial charge in [0.15, 0.2) is 0 Å². The van der Waals surface area contributed by atoms with Crippen LogP contribution in [-0.2, 0) is 5.41 Å². The molecule has 0 aromatic heterocycles. The quantitative estimate of drug-likeness (QED) is 0.793. The lowest BCUT2D eigenvalue weighted by Gasteiger charge is -2.29. The summed E-state index contributed by atoms with van der Waals surface area (Å²) in [6.07, 6.45) is 6.84. The Morgan fingerprint density at radius 3 is 2.40 bits per heavy atom. The molecule has 0 radical (unpaired) electrons. The molecule has 0 spiro atoms. The van der Waals surface area contributed by atoms with Crippen molar-refractivity contribution in [2.75, 3.05) is 13.6 Å². The smallest absolute Gasteiger partial charge is 0.00349 e. The summed E-state index contributed by atoms with van der Waals surface area (Å²) in [4.78, 5) is 0. The average molecular weight is 203 g/mol. The Hall–Kier alpha value is -0.820. The van der Waals surface area contributed by atoms with E-state index in [1.807, 2.05) is 7.05 Å². The zero-order valence-corrected chi connectivity index (χ0v) is 9.63. The van der Waals surface area contributed by atoms with Crippen molar-refractivity contribution in [2.45, 2.75) is 37.5 Å². The zero-order valence-electron chi connectivity index (χ0n) is 9.63. The van der Waals surface area contributed by atoms with E-state index < -0.39 is 0 Å². The van der Waals surface area contributed by atoms with Crippen LogP contribution in [0.3, 0.4) is 0 Å². The van der Waals surface area contributed by atoms with Gasteiger partial charge in [-0.1, -0.05) is 43.2 Å². The first-order chi connectivity index (χ1) is 7.37. The van der Waals surface area contributed by atoms with Gasteiger partial charge in [-0.15, -0.1) is 0 Å². The van der Waals surface area contributed by atoms with Gasteiger partial charge >= 0.3 is 0 Å². The standard InChI is InChI=1S/C14H21N/c1-15-12-11-14(9-5-6-10-14)13-7-3-2-4-8-13/h2-4,7-8,15H,5-6,9-12H2,1H3. The fraction of sp³-hybridized carbons (Fsp3) is 0.571. The molecule has 1 aromatic carbocycles. The van der Waals surface area contributed by atoms with Crippen molar-refractivity contribution in [1.82, 2.24) is 5.32 Å². The molecule has 1 N–H and O–H groups in total. The van der Waals surface area contributed by atoms with Crippen molar-refractivity contribution in [3.63, 3.8) is 0 Å². The molecule has 0 unspecified atom stereocenters. The van der Waals surface area contributed by atoms with Crippen LogP contribution in [0, 0.1) is 0 Å². The van der Waals surface area contributed by atoms with Gasteiger partial charge in [-0.25, -0.2) is 0 Å². The molecule has 0 bridgehead atoms. The van der Waals surface area contributed by atoms with E-state index in [-0.39, 0.29) is 0 Å². The Labute approximate surface area is 92.9 Å². The van der Waals surface area contributed by atoms with E-state index in [9.17, 15) is 0 Å². The average Bonchev–Trinajstić information content (AvgIpc) is 2.78. The number of rotatable bonds is 4. The van der Waals surface area contributed by atoms with Crippen LogP contribution in [0.1, 0.15) is 37.7 Å². The highest BCUT2D eigenvalue weighted by atomic mass is 14.8. The van der Waals surface area contributed by atoms with Crippen LogP contribution in [0.2, 0.25) is 0 Å². The van der Waals surface area contributed by atoms with Gasteiger partial charge in [-0.3, -0.25) is 0 Å². The minimum Gasteiger partial charge on any atom is -0.320 e. The van der Waals surface area contributed by atoms with Gasteiger partial charge in [0.1, 0.15) is 0 Å². The van der Waals surface area contributed by atoms with Gasteiger partial charge in [0.05, 0.1) is 0 Å². The molecule has 1 aliphatic rings. The third kappa shape index (κ3) is 2.23. The second kappa shape index (κ2) is 4.80. The van der Waals surface area contributed by atoms with Gasteiger partial charge in [-0.2, -0.15) is 0 Å². The van der Waals surface area contributed by atoms with E-state index in [0.29, 0.717) is 5.41 Å². The molecule has 1 heteroatoms. The first-order valence-electron chi connectivity index (χ1n) is 6.07. The van der Waals surface area contributed by atoms with E-state index in [4.69, 9.17) is 0 Å². The molecule has 0 atom stereocenters. The molecule has 0 saturated heterocycles. The second-order valence-corrected chi connectivity index (χ2v) is 4.71. The molecule has 1 fully saturated rings. The summed E-state index contributed by atoms with van der Waals surface area (Å²) in [7, 11) is 2.05. The predicted molar refractivity (Wildman–Crippen MR) is 65.1 cm³/mol. The van der Waals surface area contributed by atoms with Gasteiger partial charge in [0.25, 0.3) is 0 Å². The van der Waals surface area contributed by atoms with Crippen molar-refractivity contribution in [1.29, 1.82) is 0 Å². The van der Waals surface area contributed by atoms with Gasteiger partial charge in [0, 0.05) is 0 Å². The van der Waals surface area contributed by atoms with E-state index >= 15 is 0 Å². The van der Waals surface area contributed by atoms with Crippen molar-refractivity contribution in [3.05, 3.63) is 35.9 Å². The highest BCUT2D eigenvalue weighted by Crippen LogP contribution is 2.43. The molecule has 1 saturated carbocycles. The van der Waals surface area contributed by atoms with Crippen molar-refractivity contribution in [2.24, 2.45) is 0 Å². The Morgan fingerprint density at radius 1 is 1.13 bits per heavy atom. The monoisotopic (exact) mass is 203 g/mol. The highest BCUT2D eigenvalue weighted by Gasteiger charge is 2.34. The minimum atomic E-state index is 0.476. The second-order valence-electron chi connectivity index (χ2n) is 4.71. The maximum absolute atomic E-state index is 3.29. The summed E-state index contributed by atoms with van der Waals surface area (Å²) < 4.78 is 0. The fourth-order valence-electron chi connectivity index (χ4n) is 2.89. The van der Waals surface area contributed by atoms with Crippen LogP contribution < -0.4 is 5.32 Å². The molecule has 1 aliphatic carbocycles. The largest absolute Gasteiger partial charge is 0.320 e. The number of hydrogen-bond acceptors (Lipinski definition) is 1. The molecule has 0 heterocycles. The molecular weight excluding hydrogens is 182 g/mol. The maximum atomic E-state index is 3.29. The Balaban J connectivity index is 2.19. The minimum absolute atomic E-state index is 0.476. The van der Waals surface area contributed by atoms with Crippen LogP contribution in [0.25, 0.3) is 0 Å². The molecule has 15 heavy (non-hydrogen) atoms. The number of hydrogen-bond donors (Lipinski definition) is 1. The molecular formula is C14H21N. The summed E-state index contributed by atoms with van der Waals surface area (Å²) in [5.41, 5.74) is 2.03. The zero-order chi connectivity index (χ0) is 10.6. The van der Waals surface area contributed by atoms with E-state index in [1.54, 1.807) is 5.56 Å². The molecule has 1 nitrogen and oxygen atoms in total. The molecule has 0 amide bonds. The predicted octanol–water partition coefficient (Wildman–Crippen LogP) is 3.11. The number of nitrogens with one attached hydrogen (secondary N) is 1. The third-order valence-corrected chi connectivity index (χ3v) is 3.80. The molecule has 0 aliphatic heterocycles. The summed E-state index contributed by atoms with van der Waals surface area (Å²) in [5.74, 6) is 0. The van der Waals surface area contributed by atoms with Crippen LogP contribution in [-0.4, -0.2) is 13.6 Å². The summed E-state index contributed by atoms with van der Waals surface area (Å²) in [5, 5.41) is 3.29. The van der Waals surface area contributed by atoms with Gasteiger partial charge in [-0.05, 0) is 43.8 Å². The molecule has 1 aromatic rings. The first-order valence-corrected chi connectivity index (χ1v) is 6.07. The Morgan fingerprint density at radius 2 is 1.80 bits per heavy atom. The lowest BCUT2D eigenvalue weighted by Crippen LogP contribution is -2.26. The first kappa shape index (κ1) is 10.7. The van der Waals surface area contributed by atoms with Gasteiger partial charge < -0.3 is 5.32 Å². The summed E-state index contributed by atoms with van der Waals surface area (Å²) in [6.45, 7) is 1.13. The molecule has 82 valence electrons. The topological polar surface area (TPSA) is 12.0 Å². The van der Waals surface area contributed by atoms with Crippen LogP contribution in [0.15, 0.2) is 30.3 Å². The SMILES string of the molecule is CNCCC1(c2ccccc2)CCCC1. The maximum Gasteiger partial charge on any atom is -0.00349 e. The van der Waals surface area contributed by atoms with E-state index in [1.165, 1.54) is 32.1 Å². The van der Waals surface area contributed by atoms with Crippen LogP contribution in [0.5, 0.6) is 0 Å². The number of benzene rings is 1. The Bertz CT molecular complexity index is 285. The van der Waals surface area contributed by atoms with Crippen molar-refractivity contribution < 1.29 is 0 Å². The summed E-state index contributed by atoms with van der Waals surface area (Å²) >= 11 is 0. The van der Waals surface area contributed by atoms with E-state index in [0.717, 1.165) is 6.54 Å². The van der Waals surface area contributed by atoms with Crippen molar-refractivity contribution >= 4 is 0 Å². The van der Waals surface area contributed by atoms with Crippen molar-refractivity contribution in [3.8, 4) is 0 Å². The van der Waals surface area contributed by atoms with Gasteiger partial charge in [0.2, 0.25) is 0 Å². The Kier molecular flexibility index (Phi) is 3.42.